The number of H-pyrrole nitrogens is 2. The van der Waals surface area contributed by atoms with Crippen LogP contribution < -0.4 is 4.72 Å². The quantitative estimate of drug-likeness (QED) is 0.628. The zero-order valence-corrected chi connectivity index (χ0v) is 15.6. The maximum Gasteiger partial charge on any atom is 0.258 e. The zero-order valence-electron chi connectivity index (χ0n) is 14.8. The van der Waals surface area contributed by atoms with Gasteiger partial charge in [-0.1, -0.05) is 26.8 Å². The Morgan fingerprint density at radius 3 is 2.64 bits per heavy atom. The fourth-order valence-electron chi connectivity index (χ4n) is 2.69. The number of aromatic nitrogens is 4. The van der Waals surface area contributed by atoms with E-state index < -0.39 is 16.1 Å². The molecule has 3 rings (SSSR count). The van der Waals surface area contributed by atoms with Gasteiger partial charge in [0.05, 0.1) is 23.3 Å². The lowest BCUT2D eigenvalue weighted by molar-refractivity contribution is 0.447. The number of sulfonamides is 1. The number of benzene rings is 1. The largest absolute Gasteiger partial charge is 0.341 e. The first-order valence-corrected chi connectivity index (χ1v) is 9.81. The Morgan fingerprint density at radius 2 is 2.00 bits per heavy atom. The van der Waals surface area contributed by atoms with Gasteiger partial charge >= 0.3 is 0 Å². The molecule has 2 heterocycles. The number of hydrogen-bond donors (Lipinski definition) is 3. The molecule has 7 nitrogen and oxygen atoms in total. The van der Waals surface area contributed by atoms with Crippen LogP contribution in [-0.4, -0.2) is 28.4 Å². The van der Waals surface area contributed by atoms with E-state index in [-0.39, 0.29) is 10.9 Å². The average Bonchev–Trinajstić information content (AvgIpc) is 3.18. The monoisotopic (exact) mass is 361 g/mol. The molecule has 3 N–H and O–H groups in total. The van der Waals surface area contributed by atoms with Gasteiger partial charge in [-0.25, -0.2) is 18.4 Å². The number of hydrogen-bond acceptors (Lipinski definition) is 4. The van der Waals surface area contributed by atoms with Crippen molar-refractivity contribution in [2.24, 2.45) is 5.92 Å². The third-order valence-electron chi connectivity index (χ3n) is 4.13. The van der Waals surface area contributed by atoms with Crippen LogP contribution in [0.15, 0.2) is 29.4 Å². The predicted octanol–water partition coefficient (Wildman–Crippen LogP) is 2.83. The molecule has 0 spiro atoms. The Balaban J connectivity index is 1.95. The molecule has 3 aromatic rings. The topological polar surface area (TPSA) is 104 Å². The van der Waals surface area contributed by atoms with Gasteiger partial charge in [-0.05, 0) is 30.5 Å². The Bertz CT molecular complexity index is 988. The standard InChI is InChI=1S/C17H23N5O2S/c1-5-14-18-9-15(21-14)25(23,24)22-16(10(2)3)17-19-12-7-6-11(4)8-13(12)20-17/h6-10,16,22H,5H2,1-4H3,(H,18,21)(H,19,20). The van der Waals surface area contributed by atoms with Crippen molar-refractivity contribution in [3.63, 3.8) is 0 Å². The number of aryl methyl sites for hydroxylation is 2. The van der Waals surface area contributed by atoms with Crippen molar-refractivity contribution < 1.29 is 8.42 Å². The first-order valence-electron chi connectivity index (χ1n) is 8.32. The molecule has 1 atom stereocenters. The van der Waals surface area contributed by atoms with Crippen molar-refractivity contribution in [1.82, 2.24) is 24.7 Å². The number of nitrogens with one attached hydrogen (secondary N) is 3. The molecular weight excluding hydrogens is 338 g/mol. The van der Waals surface area contributed by atoms with Gasteiger partial charge in [0, 0.05) is 6.42 Å². The number of nitrogens with zero attached hydrogens (tertiary/aromatic N) is 2. The molecule has 8 heteroatoms. The minimum atomic E-state index is -3.72. The van der Waals surface area contributed by atoms with Crippen LogP contribution >= 0.6 is 0 Å². The van der Waals surface area contributed by atoms with Gasteiger partial charge in [0.1, 0.15) is 11.6 Å². The van der Waals surface area contributed by atoms with Crippen molar-refractivity contribution in [2.75, 3.05) is 0 Å². The minimum absolute atomic E-state index is 0.0185. The maximum atomic E-state index is 12.7. The SMILES string of the molecule is CCc1ncc(S(=O)(=O)NC(c2nc3ccc(C)cc3[nH]2)C(C)C)[nH]1. The third-order valence-corrected chi connectivity index (χ3v) is 5.48. The van der Waals surface area contributed by atoms with E-state index in [0.29, 0.717) is 18.1 Å². The zero-order chi connectivity index (χ0) is 18.2. The van der Waals surface area contributed by atoms with Crippen LogP contribution in [0.5, 0.6) is 0 Å². The molecule has 0 aliphatic rings. The van der Waals surface area contributed by atoms with E-state index in [1.165, 1.54) is 6.20 Å². The second-order valence-corrected chi connectivity index (χ2v) is 8.22. The summed E-state index contributed by atoms with van der Waals surface area (Å²) in [5.41, 5.74) is 2.84. The van der Waals surface area contributed by atoms with E-state index in [0.717, 1.165) is 16.6 Å². The fraction of sp³-hybridized carbons (Fsp3) is 0.412. The van der Waals surface area contributed by atoms with Crippen molar-refractivity contribution in [3.05, 3.63) is 41.6 Å². The van der Waals surface area contributed by atoms with Gasteiger partial charge in [-0.2, -0.15) is 4.72 Å². The van der Waals surface area contributed by atoms with Crippen molar-refractivity contribution in [3.8, 4) is 0 Å². The van der Waals surface area contributed by atoms with E-state index in [2.05, 4.69) is 24.7 Å². The molecule has 25 heavy (non-hydrogen) atoms. The molecule has 0 amide bonds. The van der Waals surface area contributed by atoms with Gasteiger partial charge in [0.25, 0.3) is 10.0 Å². The van der Waals surface area contributed by atoms with Crippen LogP contribution in [0.4, 0.5) is 0 Å². The summed E-state index contributed by atoms with van der Waals surface area (Å²) in [6.45, 7) is 7.83. The summed E-state index contributed by atoms with van der Waals surface area (Å²) < 4.78 is 28.1. The van der Waals surface area contributed by atoms with Gasteiger partial charge in [0.2, 0.25) is 0 Å². The molecular formula is C17H23N5O2S. The molecule has 2 aromatic heterocycles. The molecule has 0 saturated carbocycles. The van der Waals surface area contributed by atoms with Gasteiger partial charge < -0.3 is 9.97 Å². The normalized spacial score (nSPS) is 13.6. The Kier molecular flexibility index (Phi) is 4.66. The van der Waals surface area contributed by atoms with E-state index in [9.17, 15) is 8.42 Å². The molecule has 0 aliphatic carbocycles. The van der Waals surface area contributed by atoms with Crippen molar-refractivity contribution in [1.29, 1.82) is 0 Å². The van der Waals surface area contributed by atoms with Crippen LogP contribution in [-0.2, 0) is 16.4 Å². The van der Waals surface area contributed by atoms with Crippen molar-refractivity contribution >= 4 is 21.1 Å². The summed E-state index contributed by atoms with van der Waals surface area (Å²) in [7, 11) is -3.72. The van der Waals surface area contributed by atoms with Gasteiger partial charge in [-0.3, -0.25) is 0 Å². The molecule has 0 aliphatic heterocycles. The van der Waals surface area contributed by atoms with Crippen LogP contribution in [0, 0.1) is 12.8 Å². The lowest BCUT2D eigenvalue weighted by Gasteiger charge is -2.19. The smallest absolute Gasteiger partial charge is 0.258 e. The summed E-state index contributed by atoms with van der Waals surface area (Å²) in [6, 6.07) is 5.45. The second kappa shape index (κ2) is 6.61. The lowest BCUT2D eigenvalue weighted by atomic mass is 10.1. The highest BCUT2D eigenvalue weighted by molar-refractivity contribution is 7.89. The molecule has 0 bridgehead atoms. The first kappa shape index (κ1) is 17.6. The Hall–Kier alpha value is -2.19. The Morgan fingerprint density at radius 1 is 1.24 bits per heavy atom. The molecule has 1 unspecified atom stereocenters. The number of fused-ring (bicyclic) bond motifs is 1. The van der Waals surface area contributed by atoms with Gasteiger partial charge in [-0.15, -0.1) is 0 Å². The van der Waals surface area contributed by atoms with E-state index >= 15 is 0 Å². The average molecular weight is 361 g/mol. The number of imidazole rings is 2. The predicted molar refractivity (Wildman–Crippen MR) is 96.7 cm³/mol. The van der Waals surface area contributed by atoms with E-state index in [4.69, 9.17) is 0 Å². The summed E-state index contributed by atoms with van der Waals surface area (Å²) >= 11 is 0. The van der Waals surface area contributed by atoms with Crippen molar-refractivity contribution in [2.45, 2.75) is 45.2 Å². The summed E-state index contributed by atoms with van der Waals surface area (Å²) in [5.74, 6) is 1.26. The second-order valence-electron chi connectivity index (χ2n) is 6.53. The Labute approximate surface area is 147 Å². The summed E-state index contributed by atoms with van der Waals surface area (Å²) in [5, 5.41) is 0.0713. The molecule has 134 valence electrons. The van der Waals surface area contributed by atoms with Gasteiger partial charge in [0.15, 0.2) is 5.03 Å². The maximum absolute atomic E-state index is 12.7. The van der Waals surface area contributed by atoms with Crippen LogP contribution in [0.3, 0.4) is 0 Å². The molecule has 0 radical (unpaired) electrons. The number of aromatic amines is 2. The third kappa shape index (κ3) is 3.59. The lowest BCUT2D eigenvalue weighted by Crippen LogP contribution is -2.32. The van der Waals surface area contributed by atoms with Crippen LogP contribution in [0.2, 0.25) is 0 Å². The fourth-order valence-corrected chi connectivity index (χ4v) is 3.98. The summed E-state index contributed by atoms with van der Waals surface area (Å²) in [4.78, 5) is 14.7. The van der Waals surface area contributed by atoms with E-state index in [1.807, 2.05) is 45.9 Å². The number of rotatable bonds is 6. The first-order chi connectivity index (χ1) is 11.8. The molecule has 1 aromatic carbocycles. The minimum Gasteiger partial charge on any atom is -0.341 e. The summed E-state index contributed by atoms with van der Waals surface area (Å²) in [6.07, 6.45) is 1.99. The highest BCUT2D eigenvalue weighted by Crippen LogP contribution is 2.24. The molecule has 0 fully saturated rings. The van der Waals surface area contributed by atoms with E-state index in [1.54, 1.807) is 0 Å². The highest BCUT2D eigenvalue weighted by atomic mass is 32.2. The highest BCUT2D eigenvalue weighted by Gasteiger charge is 2.27. The van der Waals surface area contributed by atoms with Crippen LogP contribution in [0.25, 0.3) is 11.0 Å². The van der Waals surface area contributed by atoms with Crippen LogP contribution in [0.1, 0.15) is 44.0 Å². The molecule has 0 saturated heterocycles.